The molecule has 0 spiro atoms. The number of hydrogen-bond acceptors (Lipinski definition) is 4. The van der Waals surface area contributed by atoms with E-state index in [1.807, 2.05) is 0 Å². The Bertz CT molecular complexity index is 636. The van der Waals surface area contributed by atoms with E-state index in [-0.39, 0.29) is 11.3 Å². The first kappa shape index (κ1) is 15.8. The van der Waals surface area contributed by atoms with Gasteiger partial charge in [-0.1, -0.05) is 12.1 Å². The molecule has 0 saturated carbocycles. The van der Waals surface area contributed by atoms with E-state index in [4.69, 9.17) is 0 Å². The number of rotatable bonds is 3. The van der Waals surface area contributed by atoms with E-state index in [9.17, 15) is 8.42 Å². The summed E-state index contributed by atoms with van der Waals surface area (Å²) in [5, 5.41) is 3.63. The normalized spacial score (nSPS) is 28.9. The molecule has 1 N–H and O–H groups in total. The minimum absolute atomic E-state index is 0.227. The highest BCUT2D eigenvalue weighted by molar-refractivity contribution is 7.91. The fraction of sp³-hybridized carbons (Fsp3) is 0.647. The molecule has 0 unspecified atom stereocenters. The van der Waals surface area contributed by atoms with Crippen molar-refractivity contribution in [3.63, 3.8) is 0 Å². The summed E-state index contributed by atoms with van der Waals surface area (Å²) in [5.41, 5.74) is 2.36. The topological polar surface area (TPSA) is 49.4 Å². The van der Waals surface area contributed by atoms with Crippen LogP contribution in [-0.4, -0.2) is 44.6 Å². The second-order valence-corrected chi connectivity index (χ2v) is 9.33. The molecule has 1 atom stereocenters. The summed E-state index contributed by atoms with van der Waals surface area (Å²) >= 11 is 0. The smallest absolute Gasteiger partial charge is 0.152 e. The standard InChI is InChI=1S/C17H26N2O2S/c1-14-4-3-5-16(12-14)19-9-6-15(7-10-19)18-17(2)8-11-22(20,21)13-17/h3-5,12,15,18H,6-11,13H2,1-2H3/t17-/m0/s1. The maximum atomic E-state index is 11.7. The van der Waals surface area contributed by atoms with Crippen LogP contribution in [0.3, 0.4) is 0 Å². The van der Waals surface area contributed by atoms with Crippen molar-refractivity contribution in [3.05, 3.63) is 29.8 Å². The number of nitrogens with zero attached hydrogens (tertiary/aromatic N) is 1. The lowest BCUT2D eigenvalue weighted by Gasteiger charge is -2.38. The van der Waals surface area contributed by atoms with Crippen LogP contribution >= 0.6 is 0 Å². The summed E-state index contributed by atoms with van der Waals surface area (Å²) in [6.45, 7) is 6.25. The molecule has 1 aromatic rings. The van der Waals surface area contributed by atoms with E-state index in [0.29, 0.717) is 11.8 Å². The number of hydrogen-bond donors (Lipinski definition) is 1. The van der Waals surface area contributed by atoms with Crippen LogP contribution in [-0.2, 0) is 9.84 Å². The van der Waals surface area contributed by atoms with Gasteiger partial charge in [0.2, 0.25) is 0 Å². The molecular formula is C17H26N2O2S. The molecule has 122 valence electrons. The summed E-state index contributed by atoms with van der Waals surface area (Å²) in [6.07, 6.45) is 2.89. The van der Waals surface area contributed by atoms with Gasteiger partial charge in [0.15, 0.2) is 9.84 Å². The zero-order valence-electron chi connectivity index (χ0n) is 13.5. The first-order valence-electron chi connectivity index (χ1n) is 8.15. The number of piperidine rings is 1. The van der Waals surface area contributed by atoms with Gasteiger partial charge in [0.05, 0.1) is 11.5 Å². The molecule has 0 radical (unpaired) electrons. The summed E-state index contributed by atoms with van der Waals surface area (Å²) in [6, 6.07) is 9.07. The predicted octanol–water partition coefficient (Wildman–Crippen LogP) is 2.13. The monoisotopic (exact) mass is 322 g/mol. The lowest BCUT2D eigenvalue weighted by atomic mass is 9.96. The lowest BCUT2D eigenvalue weighted by molar-refractivity contribution is 0.303. The molecule has 2 aliphatic rings. The van der Waals surface area contributed by atoms with E-state index in [1.165, 1.54) is 11.3 Å². The van der Waals surface area contributed by atoms with Crippen molar-refractivity contribution < 1.29 is 8.42 Å². The van der Waals surface area contributed by atoms with Crippen molar-refractivity contribution in [3.8, 4) is 0 Å². The average Bonchev–Trinajstić information content (AvgIpc) is 2.73. The Balaban J connectivity index is 1.56. The van der Waals surface area contributed by atoms with Crippen LogP contribution in [0.1, 0.15) is 31.7 Å². The minimum atomic E-state index is -2.84. The molecule has 22 heavy (non-hydrogen) atoms. The van der Waals surface area contributed by atoms with Gasteiger partial charge in [0, 0.05) is 30.4 Å². The number of aryl methyl sites for hydroxylation is 1. The van der Waals surface area contributed by atoms with E-state index >= 15 is 0 Å². The zero-order valence-corrected chi connectivity index (χ0v) is 14.3. The highest BCUT2D eigenvalue weighted by Gasteiger charge is 2.39. The third kappa shape index (κ3) is 3.63. The fourth-order valence-corrected chi connectivity index (χ4v) is 5.83. The first-order valence-corrected chi connectivity index (χ1v) is 9.97. The van der Waals surface area contributed by atoms with Crippen molar-refractivity contribution >= 4 is 15.5 Å². The van der Waals surface area contributed by atoms with Crippen molar-refractivity contribution in [1.29, 1.82) is 0 Å². The molecule has 0 bridgehead atoms. The fourth-order valence-electron chi connectivity index (χ4n) is 3.72. The quantitative estimate of drug-likeness (QED) is 0.926. The van der Waals surface area contributed by atoms with Gasteiger partial charge in [-0.3, -0.25) is 0 Å². The zero-order chi connectivity index (χ0) is 15.8. The minimum Gasteiger partial charge on any atom is -0.371 e. The average molecular weight is 322 g/mol. The van der Waals surface area contributed by atoms with Gasteiger partial charge in [0.1, 0.15) is 0 Å². The van der Waals surface area contributed by atoms with Gasteiger partial charge in [-0.15, -0.1) is 0 Å². The second-order valence-electron chi connectivity index (χ2n) is 7.15. The molecular weight excluding hydrogens is 296 g/mol. The van der Waals surface area contributed by atoms with Gasteiger partial charge in [-0.25, -0.2) is 8.42 Å². The van der Waals surface area contributed by atoms with Crippen LogP contribution in [0.4, 0.5) is 5.69 Å². The van der Waals surface area contributed by atoms with Crippen LogP contribution in [0.15, 0.2) is 24.3 Å². The summed E-state index contributed by atoms with van der Waals surface area (Å²) < 4.78 is 23.4. The van der Waals surface area contributed by atoms with E-state index < -0.39 is 9.84 Å². The van der Waals surface area contributed by atoms with E-state index in [2.05, 4.69) is 48.3 Å². The van der Waals surface area contributed by atoms with E-state index in [0.717, 1.165) is 32.4 Å². The highest BCUT2D eigenvalue weighted by atomic mass is 32.2. The Kier molecular flexibility index (Phi) is 4.21. The lowest BCUT2D eigenvalue weighted by Crippen LogP contribution is -2.52. The number of anilines is 1. The molecule has 0 aliphatic carbocycles. The van der Waals surface area contributed by atoms with Gasteiger partial charge in [-0.2, -0.15) is 0 Å². The Hall–Kier alpha value is -1.07. The van der Waals surface area contributed by atoms with Crippen molar-refractivity contribution in [1.82, 2.24) is 5.32 Å². The maximum absolute atomic E-state index is 11.7. The SMILES string of the molecule is Cc1cccc(N2CCC(N[C@@]3(C)CCS(=O)(=O)C3)CC2)c1. The van der Waals surface area contributed by atoms with Crippen LogP contribution in [0.2, 0.25) is 0 Å². The van der Waals surface area contributed by atoms with Crippen LogP contribution in [0.5, 0.6) is 0 Å². The molecule has 2 heterocycles. The van der Waals surface area contributed by atoms with Crippen LogP contribution in [0.25, 0.3) is 0 Å². The third-order valence-corrected chi connectivity index (χ3v) is 6.82. The van der Waals surface area contributed by atoms with Gasteiger partial charge >= 0.3 is 0 Å². The molecule has 2 aliphatic heterocycles. The molecule has 2 fully saturated rings. The Morgan fingerprint density at radius 3 is 2.59 bits per heavy atom. The maximum Gasteiger partial charge on any atom is 0.152 e. The second kappa shape index (κ2) is 5.85. The van der Waals surface area contributed by atoms with Gasteiger partial charge in [0.25, 0.3) is 0 Å². The third-order valence-electron chi connectivity index (χ3n) is 4.92. The van der Waals surface area contributed by atoms with Crippen molar-refractivity contribution in [2.45, 2.75) is 44.7 Å². The first-order chi connectivity index (χ1) is 10.4. The Morgan fingerprint density at radius 2 is 2.00 bits per heavy atom. The number of benzene rings is 1. The molecule has 2 saturated heterocycles. The molecule has 0 amide bonds. The Morgan fingerprint density at radius 1 is 1.27 bits per heavy atom. The number of sulfone groups is 1. The number of nitrogens with one attached hydrogen (secondary N) is 1. The predicted molar refractivity (Wildman–Crippen MR) is 91.2 cm³/mol. The van der Waals surface area contributed by atoms with Crippen molar-refractivity contribution in [2.75, 3.05) is 29.5 Å². The molecule has 0 aromatic heterocycles. The summed E-state index contributed by atoms with van der Waals surface area (Å²) in [5.74, 6) is 0.622. The largest absolute Gasteiger partial charge is 0.371 e. The van der Waals surface area contributed by atoms with Gasteiger partial charge < -0.3 is 10.2 Å². The van der Waals surface area contributed by atoms with E-state index in [1.54, 1.807) is 0 Å². The molecule has 4 nitrogen and oxygen atoms in total. The molecule has 1 aromatic carbocycles. The van der Waals surface area contributed by atoms with Crippen molar-refractivity contribution in [2.24, 2.45) is 0 Å². The summed E-state index contributed by atoms with van der Waals surface area (Å²) in [7, 11) is -2.84. The molecule has 5 heteroatoms. The van der Waals surface area contributed by atoms with Gasteiger partial charge in [-0.05, 0) is 50.8 Å². The highest BCUT2D eigenvalue weighted by Crippen LogP contribution is 2.26. The van der Waals surface area contributed by atoms with Crippen LogP contribution < -0.4 is 10.2 Å². The molecule has 3 rings (SSSR count). The van der Waals surface area contributed by atoms with Crippen LogP contribution in [0, 0.1) is 6.92 Å². The summed E-state index contributed by atoms with van der Waals surface area (Å²) in [4.78, 5) is 2.43. The Labute approximate surface area is 133 Å².